The van der Waals surface area contributed by atoms with Crippen molar-refractivity contribution in [1.82, 2.24) is 4.57 Å². The molecule has 0 spiro atoms. The second-order valence-corrected chi connectivity index (χ2v) is 6.36. The van der Waals surface area contributed by atoms with Gasteiger partial charge in [0.05, 0.1) is 17.7 Å². The van der Waals surface area contributed by atoms with Crippen LogP contribution in [0.3, 0.4) is 0 Å². The smallest absolute Gasteiger partial charge is 0.416 e. The topological polar surface area (TPSA) is 40.5 Å². The number of hydrogen-bond donors (Lipinski definition) is 0. The first-order valence-electron chi connectivity index (χ1n) is 8.78. The molecule has 0 radical (unpaired) electrons. The fourth-order valence-electron chi connectivity index (χ4n) is 3.19. The normalized spacial score (nSPS) is 11.6. The molecule has 0 atom stereocenters. The Bertz CT molecular complexity index is 1020. The zero-order valence-corrected chi connectivity index (χ0v) is 15.8. The molecule has 148 valence electrons. The van der Waals surface area contributed by atoms with E-state index in [2.05, 4.69) is 0 Å². The maximum atomic E-state index is 13.1. The Morgan fingerprint density at radius 3 is 2.54 bits per heavy atom. The van der Waals surface area contributed by atoms with Crippen LogP contribution in [0.2, 0.25) is 0 Å². The standard InChI is InChI=1S/C21H20F3NO3/c1-4-27-20(26)19-13(2)25(3)18-10-9-15(11-16(18)19)28-12-14-7-5-6-8-17(14)21(22,23)24/h5-11H,4,12H2,1-3H3. The second kappa shape index (κ2) is 7.58. The van der Waals surface area contributed by atoms with Crippen LogP contribution in [0, 0.1) is 6.92 Å². The van der Waals surface area contributed by atoms with E-state index in [9.17, 15) is 18.0 Å². The van der Waals surface area contributed by atoms with Crippen molar-refractivity contribution in [3.05, 3.63) is 64.8 Å². The lowest BCUT2D eigenvalue weighted by Gasteiger charge is -2.13. The predicted octanol–water partition coefficient (Wildman–Crippen LogP) is 5.26. The Hall–Kier alpha value is -2.96. The largest absolute Gasteiger partial charge is 0.489 e. The second-order valence-electron chi connectivity index (χ2n) is 6.36. The molecule has 0 unspecified atom stereocenters. The fourth-order valence-corrected chi connectivity index (χ4v) is 3.19. The number of ether oxygens (including phenoxy) is 2. The number of aromatic nitrogens is 1. The molecule has 1 aromatic heterocycles. The number of carbonyl (C=O) groups excluding carboxylic acids is 1. The van der Waals surface area contributed by atoms with Gasteiger partial charge in [0.25, 0.3) is 0 Å². The van der Waals surface area contributed by atoms with E-state index in [-0.39, 0.29) is 18.8 Å². The molecule has 0 aliphatic carbocycles. The van der Waals surface area contributed by atoms with Crippen LogP contribution in [0.15, 0.2) is 42.5 Å². The van der Waals surface area contributed by atoms with E-state index in [4.69, 9.17) is 9.47 Å². The Labute approximate surface area is 160 Å². The maximum Gasteiger partial charge on any atom is 0.416 e. The van der Waals surface area contributed by atoms with Crippen molar-refractivity contribution in [1.29, 1.82) is 0 Å². The number of hydrogen-bond acceptors (Lipinski definition) is 3. The van der Waals surface area contributed by atoms with Crippen molar-refractivity contribution in [3.63, 3.8) is 0 Å². The molecule has 1 heterocycles. The van der Waals surface area contributed by atoms with Gasteiger partial charge in [-0.15, -0.1) is 0 Å². The van der Waals surface area contributed by atoms with E-state index in [1.54, 1.807) is 25.1 Å². The van der Waals surface area contributed by atoms with Gasteiger partial charge in [-0.25, -0.2) is 4.79 Å². The van der Waals surface area contributed by atoms with E-state index in [1.165, 1.54) is 18.2 Å². The highest BCUT2D eigenvalue weighted by atomic mass is 19.4. The van der Waals surface area contributed by atoms with Crippen LogP contribution in [-0.2, 0) is 24.6 Å². The fraction of sp³-hybridized carbons (Fsp3) is 0.286. The Morgan fingerprint density at radius 2 is 1.86 bits per heavy atom. The SMILES string of the molecule is CCOC(=O)c1c(C)n(C)c2ccc(OCc3ccccc3C(F)(F)F)cc12. The van der Waals surface area contributed by atoms with Crippen LogP contribution >= 0.6 is 0 Å². The molecule has 0 saturated heterocycles. The van der Waals surface area contributed by atoms with Crippen LogP contribution in [0.5, 0.6) is 5.75 Å². The van der Waals surface area contributed by atoms with Gasteiger partial charge in [0, 0.05) is 29.2 Å². The third kappa shape index (κ3) is 3.69. The first-order valence-corrected chi connectivity index (χ1v) is 8.78. The first-order chi connectivity index (χ1) is 13.2. The van der Waals surface area contributed by atoms with E-state index < -0.39 is 17.7 Å². The third-order valence-electron chi connectivity index (χ3n) is 4.66. The zero-order chi connectivity index (χ0) is 20.5. The lowest BCUT2D eigenvalue weighted by atomic mass is 10.1. The van der Waals surface area contributed by atoms with Gasteiger partial charge in [0.1, 0.15) is 12.4 Å². The van der Waals surface area contributed by atoms with Gasteiger partial charge in [-0.2, -0.15) is 13.2 Å². The van der Waals surface area contributed by atoms with Gasteiger partial charge in [0.15, 0.2) is 0 Å². The molecular weight excluding hydrogens is 371 g/mol. The summed E-state index contributed by atoms with van der Waals surface area (Å²) in [6.45, 7) is 3.55. The number of alkyl halides is 3. The van der Waals surface area contributed by atoms with Crippen LogP contribution in [0.25, 0.3) is 10.9 Å². The molecule has 7 heteroatoms. The van der Waals surface area contributed by atoms with Crippen molar-refractivity contribution in [3.8, 4) is 5.75 Å². The number of aryl methyl sites for hydroxylation is 1. The highest BCUT2D eigenvalue weighted by molar-refractivity contribution is 6.06. The maximum absolute atomic E-state index is 13.1. The zero-order valence-electron chi connectivity index (χ0n) is 15.8. The molecule has 2 aromatic carbocycles. The molecule has 4 nitrogen and oxygen atoms in total. The molecule has 28 heavy (non-hydrogen) atoms. The molecule has 0 amide bonds. The Balaban J connectivity index is 1.94. The number of esters is 1. The number of benzene rings is 2. The summed E-state index contributed by atoms with van der Waals surface area (Å²) in [5, 5.41) is 0.639. The van der Waals surface area contributed by atoms with Crippen molar-refractivity contribution < 1.29 is 27.4 Å². The summed E-state index contributed by atoms with van der Waals surface area (Å²) in [5.74, 6) is -0.0641. The molecule has 0 saturated carbocycles. The quantitative estimate of drug-likeness (QED) is 0.557. The first kappa shape index (κ1) is 19.8. The summed E-state index contributed by atoms with van der Waals surface area (Å²) in [6.07, 6.45) is -4.45. The summed E-state index contributed by atoms with van der Waals surface area (Å²) in [4.78, 5) is 12.3. The summed E-state index contributed by atoms with van der Waals surface area (Å²) < 4.78 is 52.0. The van der Waals surface area contributed by atoms with E-state index in [0.717, 1.165) is 17.3 Å². The highest BCUT2D eigenvalue weighted by Gasteiger charge is 2.33. The van der Waals surface area contributed by atoms with Gasteiger partial charge in [0.2, 0.25) is 0 Å². The van der Waals surface area contributed by atoms with Gasteiger partial charge in [-0.3, -0.25) is 0 Å². The average Bonchev–Trinajstić information content (AvgIpc) is 2.90. The van der Waals surface area contributed by atoms with Crippen LogP contribution in [0.4, 0.5) is 13.2 Å². The van der Waals surface area contributed by atoms with Crippen molar-refractivity contribution in [2.45, 2.75) is 26.6 Å². The van der Waals surface area contributed by atoms with Gasteiger partial charge < -0.3 is 14.0 Å². The number of halogens is 3. The van der Waals surface area contributed by atoms with Gasteiger partial charge >= 0.3 is 12.1 Å². The minimum atomic E-state index is -4.45. The molecule has 0 bridgehead atoms. The number of nitrogens with zero attached hydrogens (tertiary/aromatic N) is 1. The monoisotopic (exact) mass is 391 g/mol. The predicted molar refractivity (Wildman–Crippen MR) is 99.4 cm³/mol. The molecule has 3 aromatic rings. The van der Waals surface area contributed by atoms with Crippen molar-refractivity contribution in [2.75, 3.05) is 6.61 Å². The van der Waals surface area contributed by atoms with Gasteiger partial charge in [-0.1, -0.05) is 18.2 Å². The van der Waals surface area contributed by atoms with Crippen LogP contribution in [-0.4, -0.2) is 17.1 Å². The molecular formula is C21H20F3NO3. The van der Waals surface area contributed by atoms with Crippen LogP contribution in [0.1, 0.15) is 34.1 Å². The van der Waals surface area contributed by atoms with E-state index in [1.807, 2.05) is 18.5 Å². The highest BCUT2D eigenvalue weighted by Crippen LogP contribution is 2.33. The van der Waals surface area contributed by atoms with Gasteiger partial charge in [-0.05, 0) is 38.1 Å². The lowest BCUT2D eigenvalue weighted by molar-refractivity contribution is -0.138. The number of fused-ring (bicyclic) bond motifs is 1. The van der Waals surface area contributed by atoms with E-state index in [0.29, 0.717) is 16.7 Å². The summed E-state index contributed by atoms with van der Waals surface area (Å²) in [6, 6.07) is 10.4. The summed E-state index contributed by atoms with van der Waals surface area (Å²) in [7, 11) is 1.83. The summed E-state index contributed by atoms with van der Waals surface area (Å²) >= 11 is 0. The minimum absolute atomic E-state index is 0.0463. The van der Waals surface area contributed by atoms with Crippen molar-refractivity contribution in [2.24, 2.45) is 7.05 Å². The molecule has 0 fully saturated rings. The molecule has 3 rings (SSSR count). The Morgan fingerprint density at radius 1 is 1.14 bits per heavy atom. The minimum Gasteiger partial charge on any atom is -0.489 e. The molecule has 0 aliphatic heterocycles. The lowest BCUT2D eigenvalue weighted by Crippen LogP contribution is -2.10. The third-order valence-corrected chi connectivity index (χ3v) is 4.66. The summed E-state index contributed by atoms with van der Waals surface area (Å²) in [5.41, 5.74) is 1.31. The molecule has 0 aliphatic rings. The molecule has 0 N–H and O–H groups in total. The number of carbonyl (C=O) groups is 1. The van der Waals surface area contributed by atoms with Crippen molar-refractivity contribution >= 4 is 16.9 Å². The van der Waals surface area contributed by atoms with Crippen LogP contribution < -0.4 is 4.74 Å². The average molecular weight is 391 g/mol. The van der Waals surface area contributed by atoms with E-state index >= 15 is 0 Å². The number of rotatable bonds is 5. The Kier molecular flexibility index (Phi) is 5.36.